The monoisotopic (exact) mass is 420 g/mol. The summed E-state index contributed by atoms with van der Waals surface area (Å²) in [4.78, 5) is 0. The van der Waals surface area contributed by atoms with Crippen LogP contribution in [0.3, 0.4) is 0 Å². The van der Waals surface area contributed by atoms with Crippen molar-refractivity contribution in [3.63, 3.8) is 0 Å². The van der Waals surface area contributed by atoms with E-state index in [-0.39, 0.29) is 36.2 Å². The van der Waals surface area contributed by atoms with Gasteiger partial charge in [0.25, 0.3) is 0 Å². The molecule has 0 aromatic heterocycles. The molecule has 0 aliphatic carbocycles. The van der Waals surface area contributed by atoms with Gasteiger partial charge in [0, 0.05) is 6.61 Å². The van der Waals surface area contributed by atoms with Crippen LogP contribution in [0.5, 0.6) is 0 Å². The van der Waals surface area contributed by atoms with Gasteiger partial charge in [-0.15, -0.1) is 0 Å². The number of ether oxygens (including phenoxy) is 3. The van der Waals surface area contributed by atoms with Gasteiger partial charge in [0.2, 0.25) is 10.4 Å². The van der Waals surface area contributed by atoms with Crippen LogP contribution in [0, 0.1) is 0 Å². The van der Waals surface area contributed by atoms with Gasteiger partial charge in [-0.05, 0) is 12.8 Å². The topological polar surface area (TPSA) is 94.1 Å². The number of hydrogen-bond acceptors (Lipinski definition) is 7. The summed E-state index contributed by atoms with van der Waals surface area (Å²) in [6.45, 7) is 6.55. The van der Waals surface area contributed by atoms with Gasteiger partial charge in [-0.3, -0.25) is 4.18 Å². The van der Waals surface area contributed by atoms with Gasteiger partial charge in [0.1, 0.15) is 0 Å². The van der Waals surface area contributed by atoms with E-state index in [0.717, 1.165) is 13.0 Å². The van der Waals surface area contributed by atoms with E-state index in [4.69, 9.17) is 14.2 Å². The predicted molar refractivity (Wildman–Crippen MR) is 99.9 cm³/mol. The summed E-state index contributed by atoms with van der Waals surface area (Å²) in [5.41, 5.74) is 0. The molecular formula is C18H37NaO7S. The van der Waals surface area contributed by atoms with Crippen molar-refractivity contribution in [2.24, 2.45) is 0 Å². The van der Waals surface area contributed by atoms with E-state index in [2.05, 4.69) is 11.1 Å². The van der Waals surface area contributed by atoms with Crippen LogP contribution in [-0.2, 0) is 28.8 Å². The van der Waals surface area contributed by atoms with Crippen molar-refractivity contribution in [2.75, 3.05) is 39.6 Å². The van der Waals surface area contributed by atoms with Crippen LogP contribution in [0.25, 0.3) is 0 Å². The van der Waals surface area contributed by atoms with Gasteiger partial charge in [-0.1, -0.05) is 58.8 Å². The molecule has 0 radical (unpaired) electrons. The largest absolute Gasteiger partial charge is 1.00 e. The fraction of sp³-hybridized carbons (Fsp3) is 1.00. The Morgan fingerprint density at radius 1 is 0.741 bits per heavy atom. The average molecular weight is 421 g/mol. The molecule has 0 fully saturated rings. The quantitative estimate of drug-likeness (QED) is 0.122. The summed E-state index contributed by atoms with van der Waals surface area (Å²) < 4.78 is 52.0. The molecule has 0 aromatic rings. The van der Waals surface area contributed by atoms with Crippen molar-refractivity contribution in [1.29, 1.82) is 0 Å². The normalized spacial score (nSPS) is 12.7. The van der Waals surface area contributed by atoms with Crippen molar-refractivity contribution in [3.05, 3.63) is 0 Å². The molecule has 158 valence electrons. The van der Waals surface area contributed by atoms with E-state index in [1.165, 1.54) is 44.9 Å². The van der Waals surface area contributed by atoms with E-state index >= 15 is 0 Å². The molecule has 0 saturated carbocycles. The first kappa shape index (κ1) is 29.9. The second-order valence-electron chi connectivity index (χ2n) is 6.31. The van der Waals surface area contributed by atoms with Gasteiger partial charge >= 0.3 is 29.6 Å². The summed E-state index contributed by atoms with van der Waals surface area (Å²) >= 11 is 0. The third-order valence-corrected chi connectivity index (χ3v) is 4.41. The minimum Gasteiger partial charge on any atom is -0.726 e. The van der Waals surface area contributed by atoms with Crippen LogP contribution in [0.4, 0.5) is 0 Å². The number of rotatable bonds is 20. The molecule has 0 aliphatic rings. The molecule has 7 nitrogen and oxygen atoms in total. The van der Waals surface area contributed by atoms with Crippen molar-refractivity contribution in [1.82, 2.24) is 0 Å². The van der Waals surface area contributed by atoms with Crippen LogP contribution in [0.2, 0.25) is 0 Å². The molecule has 0 aromatic carbocycles. The summed E-state index contributed by atoms with van der Waals surface area (Å²) in [7, 11) is -4.69. The van der Waals surface area contributed by atoms with E-state index in [1.807, 2.05) is 0 Å². The van der Waals surface area contributed by atoms with Crippen LogP contribution < -0.4 is 29.6 Å². The molecule has 0 N–H and O–H groups in total. The summed E-state index contributed by atoms with van der Waals surface area (Å²) in [6.07, 6.45) is 9.93. The zero-order valence-electron chi connectivity index (χ0n) is 17.4. The molecule has 1 atom stereocenters. The molecule has 0 bridgehead atoms. The van der Waals surface area contributed by atoms with Gasteiger partial charge < -0.3 is 18.8 Å². The predicted octanol–water partition coefficient (Wildman–Crippen LogP) is 0.436. The summed E-state index contributed by atoms with van der Waals surface area (Å²) in [5.74, 6) is 0. The zero-order valence-corrected chi connectivity index (χ0v) is 20.3. The fourth-order valence-electron chi connectivity index (χ4n) is 2.37. The molecule has 0 amide bonds. The van der Waals surface area contributed by atoms with Crippen molar-refractivity contribution >= 4 is 10.4 Å². The SMILES string of the molecule is CCCCCCCCCCOCCOCCOCC(CC)OS(=O)(=O)[O-].[Na+]. The van der Waals surface area contributed by atoms with E-state index < -0.39 is 16.5 Å². The Labute approximate surface area is 188 Å². The fourth-order valence-corrected chi connectivity index (χ4v) is 2.90. The Hall–Kier alpha value is 0.750. The first-order chi connectivity index (χ1) is 12.5. The molecule has 27 heavy (non-hydrogen) atoms. The smallest absolute Gasteiger partial charge is 0.726 e. The van der Waals surface area contributed by atoms with Crippen molar-refractivity contribution < 1.29 is 60.9 Å². The van der Waals surface area contributed by atoms with Crippen LogP contribution in [0.15, 0.2) is 0 Å². The maximum Gasteiger partial charge on any atom is 1.00 e. The molecule has 9 heteroatoms. The zero-order chi connectivity index (χ0) is 19.5. The Morgan fingerprint density at radius 2 is 1.22 bits per heavy atom. The maximum atomic E-state index is 10.5. The average Bonchev–Trinajstić information content (AvgIpc) is 2.59. The minimum atomic E-state index is -4.69. The Morgan fingerprint density at radius 3 is 1.74 bits per heavy atom. The molecular weight excluding hydrogens is 383 g/mol. The number of unbranched alkanes of at least 4 members (excludes halogenated alkanes) is 7. The Bertz CT molecular complexity index is 393. The Balaban J connectivity index is 0. The van der Waals surface area contributed by atoms with E-state index in [9.17, 15) is 13.0 Å². The minimum absolute atomic E-state index is 0. The van der Waals surface area contributed by atoms with Crippen LogP contribution in [-0.4, -0.2) is 58.7 Å². The van der Waals surface area contributed by atoms with Gasteiger partial charge in [0.15, 0.2) is 0 Å². The molecule has 0 heterocycles. The van der Waals surface area contributed by atoms with Crippen LogP contribution >= 0.6 is 0 Å². The summed E-state index contributed by atoms with van der Waals surface area (Å²) in [6, 6.07) is 0. The van der Waals surface area contributed by atoms with Crippen molar-refractivity contribution in [3.8, 4) is 0 Å². The second kappa shape index (κ2) is 21.5. The Kier molecular flexibility index (Phi) is 23.8. The van der Waals surface area contributed by atoms with E-state index in [0.29, 0.717) is 32.8 Å². The molecule has 0 saturated heterocycles. The van der Waals surface area contributed by atoms with Crippen LogP contribution in [0.1, 0.15) is 71.6 Å². The standard InChI is InChI=1S/C18H38O7S.Na/c1-3-5-6-7-8-9-10-11-12-22-13-14-23-15-16-24-17-18(4-2)25-26(19,20)21;/h18H,3-17H2,1-2H3,(H,19,20,21);/q;+1/p-1. The summed E-state index contributed by atoms with van der Waals surface area (Å²) in [5, 5.41) is 0. The number of hydrogen-bond donors (Lipinski definition) is 0. The third-order valence-electron chi connectivity index (χ3n) is 3.90. The molecule has 0 rings (SSSR count). The second-order valence-corrected chi connectivity index (χ2v) is 7.32. The maximum absolute atomic E-state index is 10.5. The van der Waals surface area contributed by atoms with Gasteiger partial charge in [-0.25, -0.2) is 8.42 Å². The third kappa shape index (κ3) is 24.7. The first-order valence-corrected chi connectivity index (χ1v) is 11.2. The van der Waals surface area contributed by atoms with E-state index in [1.54, 1.807) is 6.92 Å². The molecule has 0 spiro atoms. The van der Waals surface area contributed by atoms with Gasteiger partial charge in [0.05, 0.1) is 39.1 Å². The van der Waals surface area contributed by atoms with Gasteiger partial charge in [-0.2, -0.15) is 0 Å². The van der Waals surface area contributed by atoms with Crippen molar-refractivity contribution in [2.45, 2.75) is 77.7 Å². The molecule has 0 aliphatic heterocycles. The first-order valence-electron chi connectivity index (χ1n) is 9.87. The molecule has 1 unspecified atom stereocenters.